The van der Waals surface area contributed by atoms with Crippen LogP contribution in [0.1, 0.15) is 23.7 Å². The van der Waals surface area contributed by atoms with Crippen LogP contribution >= 0.6 is 11.8 Å². The van der Waals surface area contributed by atoms with Gasteiger partial charge in [-0.05, 0) is 24.8 Å². The summed E-state index contributed by atoms with van der Waals surface area (Å²) in [6.45, 7) is 1.93. The lowest BCUT2D eigenvalue weighted by atomic mass is 10.2. The quantitative estimate of drug-likeness (QED) is 0.472. The lowest BCUT2D eigenvalue weighted by Gasteiger charge is -2.09. The van der Waals surface area contributed by atoms with Gasteiger partial charge in [0.15, 0.2) is 0 Å². The smallest absolute Gasteiger partial charge is 0.283 e. The highest BCUT2D eigenvalue weighted by Crippen LogP contribution is 2.28. The van der Waals surface area contributed by atoms with Crippen LogP contribution in [0.25, 0.3) is 0 Å². The van der Waals surface area contributed by atoms with Gasteiger partial charge in [-0.2, -0.15) is 0 Å². The molecule has 2 N–H and O–H groups in total. The van der Waals surface area contributed by atoms with Crippen LogP contribution in [-0.2, 0) is 0 Å². The van der Waals surface area contributed by atoms with Crippen molar-refractivity contribution in [2.24, 2.45) is 0 Å². The Balaban J connectivity index is 2.86. The Morgan fingerprint density at radius 1 is 1.58 bits per heavy atom. The molecule has 0 fully saturated rings. The predicted molar refractivity (Wildman–Crippen MR) is 73.5 cm³/mol. The zero-order valence-corrected chi connectivity index (χ0v) is 11.6. The van der Waals surface area contributed by atoms with Gasteiger partial charge in [-0.15, -0.1) is 11.8 Å². The molecule has 0 saturated carbocycles. The molecule has 19 heavy (non-hydrogen) atoms. The molecule has 0 spiro atoms. The van der Waals surface area contributed by atoms with E-state index < -0.39 is 16.9 Å². The molecule has 6 nitrogen and oxygen atoms in total. The Morgan fingerprint density at radius 2 is 2.26 bits per heavy atom. The summed E-state index contributed by atoms with van der Waals surface area (Å²) in [7, 11) is 0. The molecule has 0 aromatic heterocycles. The van der Waals surface area contributed by atoms with Gasteiger partial charge in [-0.25, -0.2) is 0 Å². The van der Waals surface area contributed by atoms with E-state index in [4.69, 9.17) is 0 Å². The molecule has 0 radical (unpaired) electrons. The average Bonchev–Trinajstić information content (AvgIpc) is 2.43. The SMILES string of the molecule is CCC(O)CNC(=O)c1ccc(SC)c([N+](=O)[O-])c1. The first-order chi connectivity index (χ1) is 8.99. The van der Waals surface area contributed by atoms with Crippen molar-refractivity contribution in [2.45, 2.75) is 24.3 Å². The number of nitro benzene ring substituents is 1. The van der Waals surface area contributed by atoms with Gasteiger partial charge in [0.2, 0.25) is 0 Å². The summed E-state index contributed by atoms with van der Waals surface area (Å²) < 4.78 is 0. The minimum atomic E-state index is -0.607. The summed E-state index contributed by atoms with van der Waals surface area (Å²) in [5, 5.41) is 22.8. The molecule has 1 atom stereocenters. The number of carbonyl (C=O) groups is 1. The van der Waals surface area contributed by atoms with Crippen LogP contribution in [0.15, 0.2) is 23.1 Å². The summed E-state index contributed by atoms with van der Waals surface area (Å²) in [5.41, 5.74) is 0.129. The molecule has 1 unspecified atom stereocenters. The molecular weight excluding hydrogens is 268 g/mol. The first-order valence-corrected chi connectivity index (χ1v) is 7.00. The standard InChI is InChI=1S/C12H16N2O4S/c1-3-9(15)7-13-12(16)8-4-5-11(19-2)10(6-8)14(17)18/h4-6,9,15H,3,7H2,1-2H3,(H,13,16). The van der Waals surface area contributed by atoms with Gasteiger partial charge < -0.3 is 10.4 Å². The molecule has 1 aromatic carbocycles. The first kappa shape index (κ1) is 15.5. The summed E-state index contributed by atoms with van der Waals surface area (Å²) >= 11 is 1.25. The van der Waals surface area contributed by atoms with Crippen LogP contribution < -0.4 is 5.32 Å². The number of hydrogen-bond acceptors (Lipinski definition) is 5. The maximum atomic E-state index is 11.8. The number of nitrogens with one attached hydrogen (secondary N) is 1. The Labute approximate surface area is 115 Å². The zero-order valence-electron chi connectivity index (χ0n) is 10.8. The highest BCUT2D eigenvalue weighted by atomic mass is 32.2. The highest BCUT2D eigenvalue weighted by molar-refractivity contribution is 7.98. The van der Waals surface area contributed by atoms with Crippen molar-refractivity contribution < 1.29 is 14.8 Å². The van der Waals surface area contributed by atoms with Crippen LogP contribution in [-0.4, -0.2) is 34.8 Å². The largest absolute Gasteiger partial charge is 0.391 e. The van der Waals surface area contributed by atoms with Crippen LogP contribution in [0.2, 0.25) is 0 Å². The number of aliphatic hydroxyl groups is 1. The molecule has 1 aromatic rings. The van der Waals surface area contributed by atoms with E-state index in [9.17, 15) is 20.0 Å². The molecule has 104 valence electrons. The van der Waals surface area contributed by atoms with E-state index in [1.165, 1.54) is 23.9 Å². The van der Waals surface area contributed by atoms with Gasteiger partial charge in [0.1, 0.15) is 0 Å². The fourth-order valence-corrected chi connectivity index (χ4v) is 1.98. The average molecular weight is 284 g/mol. The summed E-state index contributed by atoms with van der Waals surface area (Å²) in [6.07, 6.45) is 1.66. The van der Waals surface area contributed by atoms with Crippen molar-refractivity contribution in [1.29, 1.82) is 0 Å². The maximum Gasteiger partial charge on any atom is 0.283 e. The number of nitro groups is 1. The van der Waals surface area contributed by atoms with Gasteiger partial charge in [-0.3, -0.25) is 14.9 Å². The van der Waals surface area contributed by atoms with Gasteiger partial charge in [0.05, 0.1) is 15.9 Å². The zero-order chi connectivity index (χ0) is 14.4. The number of rotatable bonds is 6. The molecule has 0 saturated heterocycles. The van der Waals surface area contributed by atoms with Gasteiger partial charge in [0, 0.05) is 18.2 Å². The highest BCUT2D eigenvalue weighted by Gasteiger charge is 2.17. The van der Waals surface area contributed by atoms with Gasteiger partial charge >= 0.3 is 0 Å². The van der Waals surface area contributed by atoms with E-state index in [-0.39, 0.29) is 17.8 Å². The maximum absolute atomic E-state index is 11.8. The Morgan fingerprint density at radius 3 is 2.79 bits per heavy atom. The van der Waals surface area contributed by atoms with Crippen LogP contribution in [0.3, 0.4) is 0 Å². The van der Waals surface area contributed by atoms with Crippen molar-refractivity contribution in [2.75, 3.05) is 12.8 Å². The fourth-order valence-electron chi connectivity index (χ4n) is 1.43. The van der Waals surface area contributed by atoms with E-state index in [1.54, 1.807) is 19.2 Å². The third kappa shape index (κ3) is 4.22. The van der Waals surface area contributed by atoms with Crippen LogP contribution in [0, 0.1) is 10.1 Å². The fraction of sp³-hybridized carbons (Fsp3) is 0.417. The normalized spacial score (nSPS) is 11.9. The number of thioether (sulfide) groups is 1. The van der Waals surface area contributed by atoms with Crippen LogP contribution in [0.5, 0.6) is 0 Å². The Bertz CT molecular complexity index is 479. The van der Waals surface area contributed by atoms with Crippen molar-refractivity contribution in [3.05, 3.63) is 33.9 Å². The van der Waals surface area contributed by atoms with E-state index in [1.807, 2.05) is 0 Å². The van der Waals surface area contributed by atoms with Crippen molar-refractivity contribution in [1.82, 2.24) is 5.32 Å². The number of amides is 1. The summed E-state index contributed by atoms with van der Waals surface area (Å²) in [6, 6.07) is 4.33. The number of aliphatic hydroxyl groups excluding tert-OH is 1. The number of nitrogens with zero attached hydrogens (tertiary/aromatic N) is 1. The monoisotopic (exact) mass is 284 g/mol. The van der Waals surface area contributed by atoms with E-state index in [0.717, 1.165) is 0 Å². The number of carbonyl (C=O) groups excluding carboxylic acids is 1. The molecule has 0 heterocycles. The molecule has 0 aliphatic heterocycles. The summed E-state index contributed by atoms with van der Waals surface area (Å²) in [5.74, 6) is -0.428. The molecular formula is C12H16N2O4S. The third-order valence-corrected chi connectivity index (χ3v) is 3.39. The Kier molecular flexibility index (Phi) is 5.78. The topological polar surface area (TPSA) is 92.5 Å². The molecule has 0 aliphatic carbocycles. The molecule has 0 aliphatic rings. The van der Waals surface area contributed by atoms with Crippen LogP contribution in [0.4, 0.5) is 5.69 Å². The number of hydrogen-bond donors (Lipinski definition) is 2. The van der Waals surface area contributed by atoms with E-state index in [0.29, 0.717) is 11.3 Å². The third-order valence-electron chi connectivity index (χ3n) is 2.61. The van der Waals surface area contributed by atoms with Gasteiger partial charge in [-0.1, -0.05) is 6.92 Å². The molecule has 1 rings (SSSR count). The van der Waals surface area contributed by atoms with Crippen molar-refractivity contribution in [3.63, 3.8) is 0 Å². The lowest BCUT2D eigenvalue weighted by molar-refractivity contribution is -0.387. The summed E-state index contributed by atoms with van der Waals surface area (Å²) in [4.78, 5) is 22.7. The second-order valence-electron chi connectivity index (χ2n) is 3.92. The molecule has 7 heteroatoms. The van der Waals surface area contributed by atoms with Crippen molar-refractivity contribution in [3.8, 4) is 0 Å². The molecule has 1 amide bonds. The van der Waals surface area contributed by atoms with Gasteiger partial charge in [0.25, 0.3) is 11.6 Å². The Hall–Kier alpha value is -1.60. The second-order valence-corrected chi connectivity index (χ2v) is 4.76. The van der Waals surface area contributed by atoms with E-state index >= 15 is 0 Å². The number of benzene rings is 1. The first-order valence-electron chi connectivity index (χ1n) is 5.78. The van der Waals surface area contributed by atoms with E-state index in [2.05, 4.69) is 5.32 Å². The lowest BCUT2D eigenvalue weighted by Crippen LogP contribution is -2.31. The second kappa shape index (κ2) is 7.10. The minimum absolute atomic E-state index is 0.0869. The predicted octanol–water partition coefficient (Wildman–Crippen LogP) is 1.82. The minimum Gasteiger partial charge on any atom is -0.391 e. The van der Waals surface area contributed by atoms with Crippen molar-refractivity contribution >= 4 is 23.4 Å². The molecule has 0 bridgehead atoms.